The number of aryl methyl sites for hydroxylation is 1. The Hall–Kier alpha value is -2.05. The number of sulfonamides is 1. The van der Waals surface area contributed by atoms with Gasteiger partial charge in [0.05, 0.1) is 4.90 Å². The molecule has 2 aromatic rings. The molecule has 0 unspecified atom stereocenters. The molecule has 5 nitrogen and oxygen atoms in total. The highest BCUT2D eigenvalue weighted by Crippen LogP contribution is 2.24. The third-order valence-corrected chi connectivity index (χ3v) is 6.75. The number of nitrogens with one attached hydrogen (secondary N) is 1. The summed E-state index contributed by atoms with van der Waals surface area (Å²) in [6, 6.07) is 15.7. The van der Waals surface area contributed by atoms with Crippen LogP contribution in [0.3, 0.4) is 0 Å². The molecule has 6 heteroatoms. The molecular weight excluding hydrogens is 346 g/mol. The zero-order valence-corrected chi connectivity index (χ0v) is 16.5. The smallest absolute Gasteiger partial charge is 0.243 e. The van der Waals surface area contributed by atoms with Gasteiger partial charge in [-0.05, 0) is 61.7 Å². The summed E-state index contributed by atoms with van der Waals surface area (Å²) in [6.07, 6.45) is 1.62. The van der Waals surface area contributed by atoms with Gasteiger partial charge < -0.3 is 10.2 Å². The summed E-state index contributed by atoms with van der Waals surface area (Å²) in [6.45, 7) is 3.16. The number of hydrogen-bond acceptors (Lipinski definition) is 4. The van der Waals surface area contributed by atoms with Crippen LogP contribution < -0.4 is 10.2 Å². The number of nitrogens with zero attached hydrogens (tertiary/aromatic N) is 2. The number of hydrogen-bond donors (Lipinski definition) is 1. The zero-order chi connectivity index (χ0) is 18.7. The SMILES string of the molecule is Cc1cccc(NC2CCN(S(=O)(=O)c3ccc(N(C)C)cc3)CC2)c1. The van der Waals surface area contributed by atoms with Crippen molar-refractivity contribution in [3.05, 3.63) is 54.1 Å². The van der Waals surface area contributed by atoms with Crippen molar-refractivity contribution < 1.29 is 8.42 Å². The average molecular weight is 374 g/mol. The van der Waals surface area contributed by atoms with Gasteiger partial charge in [0, 0.05) is 44.6 Å². The van der Waals surface area contributed by atoms with Gasteiger partial charge in [-0.25, -0.2) is 8.42 Å². The highest BCUT2D eigenvalue weighted by atomic mass is 32.2. The van der Waals surface area contributed by atoms with E-state index in [2.05, 4.69) is 30.4 Å². The van der Waals surface area contributed by atoms with E-state index in [1.807, 2.05) is 37.2 Å². The predicted molar refractivity (Wildman–Crippen MR) is 107 cm³/mol. The lowest BCUT2D eigenvalue weighted by atomic mass is 10.1. The summed E-state index contributed by atoms with van der Waals surface area (Å²) in [5, 5.41) is 3.53. The quantitative estimate of drug-likeness (QED) is 0.873. The maximum absolute atomic E-state index is 12.9. The molecule has 1 N–H and O–H groups in total. The standard InChI is InChI=1S/C20H27N3O2S/c1-16-5-4-6-18(15-16)21-17-11-13-23(14-12-17)26(24,25)20-9-7-19(8-10-20)22(2)3/h4-10,15,17,21H,11-14H2,1-3H3. The van der Waals surface area contributed by atoms with E-state index in [4.69, 9.17) is 0 Å². The van der Waals surface area contributed by atoms with Gasteiger partial charge >= 0.3 is 0 Å². The zero-order valence-electron chi connectivity index (χ0n) is 15.6. The molecule has 140 valence electrons. The monoisotopic (exact) mass is 373 g/mol. The molecule has 0 saturated carbocycles. The second-order valence-electron chi connectivity index (χ2n) is 7.08. The van der Waals surface area contributed by atoms with Crippen LogP contribution >= 0.6 is 0 Å². The van der Waals surface area contributed by atoms with E-state index in [0.29, 0.717) is 24.0 Å². The highest BCUT2D eigenvalue weighted by molar-refractivity contribution is 7.89. The number of benzene rings is 2. The molecule has 1 aliphatic heterocycles. The Kier molecular flexibility index (Phi) is 5.53. The molecule has 1 fully saturated rings. The van der Waals surface area contributed by atoms with Crippen molar-refractivity contribution >= 4 is 21.4 Å². The van der Waals surface area contributed by atoms with E-state index in [-0.39, 0.29) is 0 Å². The molecule has 0 radical (unpaired) electrons. The van der Waals surface area contributed by atoms with E-state index in [0.717, 1.165) is 24.2 Å². The molecule has 1 aliphatic rings. The molecule has 2 aromatic carbocycles. The van der Waals surface area contributed by atoms with Gasteiger partial charge in [0.15, 0.2) is 0 Å². The van der Waals surface area contributed by atoms with Crippen molar-refractivity contribution in [3.8, 4) is 0 Å². The minimum absolute atomic E-state index is 0.305. The van der Waals surface area contributed by atoms with Gasteiger partial charge in [-0.15, -0.1) is 0 Å². The van der Waals surface area contributed by atoms with Gasteiger partial charge in [0.2, 0.25) is 10.0 Å². The molecule has 0 atom stereocenters. The Labute approximate surface area is 156 Å². The van der Waals surface area contributed by atoms with Crippen LogP contribution in [0.25, 0.3) is 0 Å². The summed E-state index contributed by atoms with van der Waals surface area (Å²) in [5.74, 6) is 0. The molecule has 0 spiro atoms. The summed E-state index contributed by atoms with van der Waals surface area (Å²) < 4.78 is 27.3. The first-order valence-electron chi connectivity index (χ1n) is 8.97. The maximum atomic E-state index is 12.9. The minimum Gasteiger partial charge on any atom is -0.382 e. The fraction of sp³-hybridized carbons (Fsp3) is 0.400. The largest absolute Gasteiger partial charge is 0.382 e. The fourth-order valence-corrected chi connectivity index (χ4v) is 4.75. The van der Waals surface area contributed by atoms with E-state index in [1.165, 1.54) is 5.56 Å². The van der Waals surface area contributed by atoms with Crippen LogP contribution in [-0.4, -0.2) is 45.9 Å². The van der Waals surface area contributed by atoms with Crippen LogP contribution in [-0.2, 0) is 10.0 Å². The van der Waals surface area contributed by atoms with Crippen molar-refractivity contribution in [1.29, 1.82) is 0 Å². The van der Waals surface area contributed by atoms with Crippen molar-refractivity contribution in [3.63, 3.8) is 0 Å². The first-order chi connectivity index (χ1) is 12.4. The van der Waals surface area contributed by atoms with Gasteiger partial charge in [-0.2, -0.15) is 4.31 Å². The molecule has 1 saturated heterocycles. The second-order valence-corrected chi connectivity index (χ2v) is 9.02. The van der Waals surface area contributed by atoms with Crippen molar-refractivity contribution in [2.75, 3.05) is 37.4 Å². The lowest BCUT2D eigenvalue weighted by molar-refractivity contribution is 0.330. The molecular formula is C20H27N3O2S. The molecule has 26 heavy (non-hydrogen) atoms. The number of piperidine rings is 1. The Bertz CT molecular complexity index is 840. The third-order valence-electron chi connectivity index (χ3n) is 4.83. The van der Waals surface area contributed by atoms with Gasteiger partial charge in [0.25, 0.3) is 0 Å². The van der Waals surface area contributed by atoms with Crippen molar-refractivity contribution in [1.82, 2.24) is 4.31 Å². The normalized spacial score (nSPS) is 16.4. The van der Waals surface area contributed by atoms with Crippen LogP contribution in [0.5, 0.6) is 0 Å². The van der Waals surface area contributed by atoms with Gasteiger partial charge in [-0.3, -0.25) is 0 Å². The third kappa shape index (κ3) is 4.19. The summed E-state index contributed by atoms with van der Waals surface area (Å²) >= 11 is 0. The van der Waals surface area contributed by atoms with E-state index < -0.39 is 10.0 Å². The van der Waals surface area contributed by atoms with Gasteiger partial charge in [0.1, 0.15) is 0 Å². The Morgan fingerprint density at radius 1 is 1.04 bits per heavy atom. The molecule has 1 heterocycles. The summed E-state index contributed by atoms with van der Waals surface area (Å²) in [5.41, 5.74) is 3.31. The lowest BCUT2D eigenvalue weighted by Crippen LogP contribution is -2.42. The Morgan fingerprint density at radius 3 is 2.27 bits per heavy atom. The van der Waals surface area contributed by atoms with Crippen LogP contribution in [0.15, 0.2) is 53.4 Å². The number of rotatable bonds is 5. The summed E-state index contributed by atoms with van der Waals surface area (Å²) in [7, 11) is 0.460. The van der Waals surface area contributed by atoms with Crippen molar-refractivity contribution in [2.24, 2.45) is 0 Å². The molecule has 0 amide bonds. The van der Waals surface area contributed by atoms with Crippen LogP contribution in [0.1, 0.15) is 18.4 Å². The van der Waals surface area contributed by atoms with E-state index in [9.17, 15) is 8.42 Å². The average Bonchev–Trinajstić information content (AvgIpc) is 2.62. The first-order valence-corrected chi connectivity index (χ1v) is 10.4. The Morgan fingerprint density at radius 2 is 1.69 bits per heavy atom. The molecule has 0 aliphatic carbocycles. The lowest BCUT2D eigenvalue weighted by Gasteiger charge is -2.32. The maximum Gasteiger partial charge on any atom is 0.243 e. The predicted octanol–water partition coefficient (Wildman–Crippen LogP) is 3.33. The number of anilines is 2. The fourth-order valence-electron chi connectivity index (χ4n) is 3.28. The van der Waals surface area contributed by atoms with Crippen LogP contribution in [0, 0.1) is 6.92 Å². The Balaban J connectivity index is 1.63. The second kappa shape index (κ2) is 7.68. The molecule has 0 bridgehead atoms. The first kappa shape index (κ1) is 18.7. The minimum atomic E-state index is -3.42. The van der Waals surface area contributed by atoms with Crippen LogP contribution in [0.2, 0.25) is 0 Å². The summed E-state index contributed by atoms with van der Waals surface area (Å²) in [4.78, 5) is 2.33. The van der Waals surface area contributed by atoms with Crippen molar-refractivity contribution in [2.45, 2.75) is 30.7 Å². The molecule has 3 rings (SSSR count). The van der Waals surface area contributed by atoms with E-state index in [1.54, 1.807) is 16.4 Å². The van der Waals surface area contributed by atoms with Crippen LogP contribution in [0.4, 0.5) is 11.4 Å². The topological polar surface area (TPSA) is 52.7 Å². The van der Waals surface area contributed by atoms with E-state index >= 15 is 0 Å². The molecule has 0 aromatic heterocycles. The highest BCUT2D eigenvalue weighted by Gasteiger charge is 2.29. The van der Waals surface area contributed by atoms with Gasteiger partial charge in [-0.1, -0.05) is 12.1 Å².